The van der Waals surface area contributed by atoms with Gasteiger partial charge in [0, 0.05) is 24.7 Å². The Bertz CT molecular complexity index is 1430. The number of pyridine rings is 1. The summed E-state index contributed by atoms with van der Waals surface area (Å²) >= 11 is 1.59. The lowest BCUT2D eigenvalue weighted by molar-refractivity contribution is 0.0281. The van der Waals surface area contributed by atoms with E-state index in [1.54, 1.807) is 11.3 Å². The Balaban J connectivity index is 1.16. The Morgan fingerprint density at radius 3 is 2.54 bits per heavy atom. The number of anilines is 2. The van der Waals surface area contributed by atoms with Crippen LogP contribution in [0.15, 0.2) is 12.3 Å². The Labute approximate surface area is 243 Å². The minimum Gasteiger partial charge on any atom is -0.388 e. The van der Waals surface area contributed by atoms with Gasteiger partial charge in [0.25, 0.3) is 0 Å². The summed E-state index contributed by atoms with van der Waals surface area (Å²) < 4.78 is 1.08. The van der Waals surface area contributed by atoms with Crippen molar-refractivity contribution in [2.45, 2.75) is 101 Å². The maximum absolute atomic E-state index is 12.6. The predicted octanol–water partition coefficient (Wildman–Crippen LogP) is 3.67. The lowest BCUT2D eigenvalue weighted by atomic mass is 10.1. The second-order valence-corrected chi connectivity index (χ2v) is 13.2. The van der Waals surface area contributed by atoms with Crippen LogP contribution in [-0.4, -0.2) is 73.1 Å². The molecule has 218 valence electrons. The van der Waals surface area contributed by atoms with E-state index in [4.69, 9.17) is 15.0 Å². The quantitative estimate of drug-likeness (QED) is 0.223. The number of nitrogens with one attached hydrogen (secondary N) is 4. The van der Waals surface area contributed by atoms with Crippen molar-refractivity contribution in [2.24, 2.45) is 5.92 Å². The summed E-state index contributed by atoms with van der Waals surface area (Å²) in [5.74, 6) is 2.22. The van der Waals surface area contributed by atoms with Gasteiger partial charge in [-0.15, -0.1) is 11.3 Å². The van der Waals surface area contributed by atoms with Crippen molar-refractivity contribution in [2.75, 3.05) is 17.2 Å². The number of aryl methyl sites for hydroxylation is 1. The van der Waals surface area contributed by atoms with Crippen LogP contribution in [0.2, 0.25) is 0 Å². The summed E-state index contributed by atoms with van der Waals surface area (Å²) in [4.78, 5) is 31.9. The highest BCUT2D eigenvalue weighted by molar-refractivity contribution is 7.21. The van der Waals surface area contributed by atoms with E-state index in [2.05, 4.69) is 26.3 Å². The van der Waals surface area contributed by atoms with Crippen LogP contribution in [0.1, 0.15) is 75.1 Å². The summed E-state index contributed by atoms with van der Waals surface area (Å²) in [7, 11) is 0. The molecule has 12 heteroatoms. The average Bonchev–Trinajstić information content (AvgIpc) is 3.86. The van der Waals surface area contributed by atoms with Crippen LogP contribution in [0.4, 0.5) is 16.6 Å². The fourth-order valence-corrected chi connectivity index (χ4v) is 7.23. The van der Waals surface area contributed by atoms with E-state index in [1.807, 2.05) is 19.2 Å². The minimum absolute atomic E-state index is 0.171. The molecule has 3 aromatic rings. The number of amides is 2. The minimum atomic E-state index is -1.10. The van der Waals surface area contributed by atoms with Gasteiger partial charge in [-0.25, -0.2) is 14.8 Å². The molecule has 4 aliphatic rings. The molecule has 4 saturated carbocycles. The van der Waals surface area contributed by atoms with E-state index in [9.17, 15) is 15.0 Å². The molecule has 41 heavy (non-hydrogen) atoms. The van der Waals surface area contributed by atoms with Gasteiger partial charge in [0.1, 0.15) is 28.6 Å². The molecular formula is C29H38N8O3S. The molecule has 0 spiro atoms. The summed E-state index contributed by atoms with van der Waals surface area (Å²) in [5, 5.41) is 35.4. The smallest absolute Gasteiger partial charge is 0.315 e. The van der Waals surface area contributed by atoms with Crippen LogP contribution in [0, 0.1) is 12.8 Å². The van der Waals surface area contributed by atoms with Gasteiger partial charge in [-0.1, -0.05) is 12.8 Å². The molecule has 6 N–H and O–H groups in total. The Kier molecular flexibility index (Phi) is 7.16. The number of fused-ring (bicyclic) bond motifs is 1. The first-order valence-electron chi connectivity index (χ1n) is 15.0. The van der Waals surface area contributed by atoms with Crippen LogP contribution >= 0.6 is 11.3 Å². The fraction of sp³-hybridized carbons (Fsp3) is 0.621. The summed E-state index contributed by atoms with van der Waals surface area (Å²) in [6.07, 6.45) is 8.93. The third-order valence-electron chi connectivity index (χ3n) is 8.86. The molecular weight excluding hydrogens is 540 g/mol. The van der Waals surface area contributed by atoms with Crippen molar-refractivity contribution >= 4 is 39.4 Å². The molecule has 1 unspecified atom stereocenters. The lowest BCUT2D eigenvalue weighted by Crippen LogP contribution is -2.49. The van der Waals surface area contributed by atoms with E-state index in [1.165, 1.54) is 12.8 Å². The monoisotopic (exact) mass is 578 g/mol. The van der Waals surface area contributed by atoms with Crippen molar-refractivity contribution in [1.82, 2.24) is 30.6 Å². The van der Waals surface area contributed by atoms with Crippen LogP contribution in [0.25, 0.3) is 20.8 Å². The standard InChI is InChI=1S/C29H38N8O3S/c1-14-21(27-36-23-20(41-27)10-11-30-22(23)16-8-9-16)26(37-28(32-14)31-13-15-6-7-15)34-18-12-19(25(39)24(18)38)35-29(40)33-17-4-2-3-5-17/h10-11,15-19,24-25,38-39H,2-9,12-13H2,1H3,(H2,33,35,40)(H2,31,32,34,37)/t18?,19-,24-,25+/m0/s1. The molecule has 3 heterocycles. The van der Waals surface area contributed by atoms with Gasteiger partial charge in [-0.05, 0) is 63.9 Å². The van der Waals surface area contributed by atoms with Crippen LogP contribution < -0.4 is 21.3 Å². The molecule has 0 aliphatic heterocycles. The Morgan fingerprint density at radius 1 is 1.00 bits per heavy atom. The van der Waals surface area contributed by atoms with Crippen molar-refractivity contribution < 1.29 is 15.0 Å². The van der Waals surface area contributed by atoms with E-state index >= 15 is 0 Å². The highest BCUT2D eigenvalue weighted by atomic mass is 32.1. The lowest BCUT2D eigenvalue weighted by Gasteiger charge is -2.21. The maximum atomic E-state index is 12.6. The number of thiazole rings is 1. The molecule has 0 saturated heterocycles. The van der Waals surface area contributed by atoms with Gasteiger partial charge in [-0.2, -0.15) is 4.98 Å². The zero-order chi connectivity index (χ0) is 28.1. The average molecular weight is 579 g/mol. The molecule has 11 nitrogen and oxygen atoms in total. The van der Waals surface area contributed by atoms with Gasteiger partial charge < -0.3 is 31.5 Å². The van der Waals surface area contributed by atoms with Crippen LogP contribution in [0.5, 0.6) is 0 Å². The Morgan fingerprint density at radius 2 is 1.78 bits per heavy atom. The van der Waals surface area contributed by atoms with Crippen molar-refractivity contribution in [1.29, 1.82) is 0 Å². The summed E-state index contributed by atoms with van der Waals surface area (Å²) in [6.45, 7) is 2.77. The number of nitrogens with zero attached hydrogens (tertiary/aromatic N) is 4. The van der Waals surface area contributed by atoms with Crippen LogP contribution in [0.3, 0.4) is 0 Å². The van der Waals surface area contributed by atoms with Gasteiger partial charge in [0.05, 0.1) is 33.7 Å². The number of aromatic nitrogens is 4. The molecule has 0 radical (unpaired) electrons. The van der Waals surface area contributed by atoms with Crippen molar-refractivity contribution in [3.8, 4) is 10.6 Å². The van der Waals surface area contributed by atoms with E-state index < -0.39 is 24.3 Å². The topological polar surface area (TPSA) is 157 Å². The number of hydrogen-bond donors (Lipinski definition) is 6. The second-order valence-electron chi connectivity index (χ2n) is 12.2. The zero-order valence-corrected chi connectivity index (χ0v) is 24.1. The number of rotatable bonds is 9. The first-order valence-corrected chi connectivity index (χ1v) is 15.8. The first kappa shape index (κ1) is 26.8. The van der Waals surface area contributed by atoms with Gasteiger partial charge in [0.2, 0.25) is 5.95 Å². The second kappa shape index (κ2) is 11.0. The van der Waals surface area contributed by atoms with E-state index in [-0.39, 0.29) is 12.1 Å². The molecule has 7 rings (SSSR count). The van der Waals surface area contributed by atoms with E-state index in [0.717, 1.165) is 77.2 Å². The van der Waals surface area contributed by atoms with Gasteiger partial charge >= 0.3 is 6.03 Å². The molecule has 0 aromatic carbocycles. The SMILES string of the molecule is Cc1nc(NCC2CC2)nc(NC2C[C@H](NC(=O)NC3CCCC3)[C@@H](O)[C@H]2O)c1-c1nc2c(C3CC3)nccc2s1. The maximum Gasteiger partial charge on any atom is 0.315 e. The summed E-state index contributed by atoms with van der Waals surface area (Å²) in [6, 6.07) is 0.765. The predicted molar refractivity (Wildman–Crippen MR) is 158 cm³/mol. The molecule has 4 atom stereocenters. The number of carbonyl (C=O) groups excluding carboxylic acids is 1. The number of hydrogen-bond acceptors (Lipinski definition) is 10. The Hall–Kier alpha value is -3.09. The van der Waals surface area contributed by atoms with Gasteiger partial charge in [-0.3, -0.25) is 4.98 Å². The molecule has 3 aromatic heterocycles. The molecule has 2 amide bonds. The summed E-state index contributed by atoms with van der Waals surface area (Å²) in [5.41, 5.74) is 3.55. The van der Waals surface area contributed by atoms with Crippen molar-refractivity contribution in [3.63, 3.8) is 0 Å². The molecule has 0 bridgehead atoms. The third-order valence-corrected chi connectivity index (χ3v) is 9.90. The normalized spacial score (nSPS) is 26.4. The fourth-order valence-electron chi connectivity index (χ4n) is 6.17. The number of aliphatic hydroxyl groups excluding tert-OH is 2. The van der Waals surface area contributed by atoms with Gasteiger partial charge in [0.15, 0.2) is 0 Å². The van der Waals surface area contributed by atoms with E-state index in [0.29, 0.717) is 30.0 Å². The van der Waals surface area contributed by atoms with Crippen LogP contribution in [-0.2, 0) is 0 Å². The molecule has 4 fully saturated rings. The molecule has 4 aliphatic carbocycles. The largest absolute Gasteiger partial charge is 0.388 e. The zero-order valence-electron chi connectivity index (χ0n) is 23.3. The van der Waals surface area contributed by atoms with Crippen molar-refractivity contribution in [3.05, 3.63) is 23.7 Å². The third kappa shape index (κ3) is 5.69. The number of aliphatic hydroxyl groups is 2. The number of urea groups is 1. The first-order chi connectivity index (χ1) is 19.9. The highest BCUT2D eigenvalue weighted by Gasteiger charge is 2.43. The highest BCUT2D eigenvalue weighted by Crippen LogP contribution is 2.44. The number of carbonyl (C=O) groups is 1.